The van der Waals surface area contributed by atoms with Crippen LogP contribution in [0, 0.1) is 6.92 Å². The fourth-order valence-corrected chi connectivity index (χ4v) is 3.36. The molecule has 0 unspecified atom stereocenters. The normalized spacial score (nSPS) is 11.6. The number of aromatic nitrogens is 4. The molecule has 0 atom stereocenters. The van der Waals surface area contributed by atoms with E-state index in [9.17, 15) is 8.42 Å². The maximum atomic E-state index is 11.4. The lowest BCUT2D eigenvalue weighted by atomic mass is 10.2. The summed E-state index contributed by atoms with van der Waals surface area (Å²) in [4.78, 5) is 4.43. The van der Waals surface area contributed by atoms with Gasteiger partial charge in [0.05, 0.1) is 22.3 Å². The van der Waals surface area contributed by atoms with Crippen molar-refractivity contribution in [3.05, 3.63) is 66.0 Å². The molecule has 0 aliphatic carbocycles. The van der Waals surface area contributed by atoms with Crippen molar-refractivity contribution in [1.29, 1.82) is 0 Å². The zero-order valence-corrected chi connectivity index (χ0v) is 17.1. The summed E-state index contributed by atoms with van der Waals surface area (Å²) in [6.07, 6.45) is 1.63. The summed E-state index contributed by atoms with van der Waals surface area (Å²) in [7, 11) is -1.96. The zero-order valence-electron chi connectivity index (χ0n) is 16.3. The van der Waals surface area contributed by atoms with Gasteiger partial charge in [0.15, 0.2) is 0 Å². The van der Waals surface area contributed by atoms with Crippen LogP contribution in [0.5, 0.6) is 5.75 Å². The summed E-state index contributed by atoms with van der Waals surface area (Å²) in [6.45, 7) is 2.29. The van der Waals surface area contributed by atoms with E-state index in [1.54, 1.807) is 30.1 Å². The molecule has 2 aromatic carbocycles. The SMILES string of the molecule is Cc1ccc(OCc2c(-c3nc(-c4ccc(S(N)(=O)=O)cc4)no3)cnn2C)cc1. The number of aryl methyl sites for hydroxylation is 2. The number of hydrogen-bond acceptors (Lipinski definition) is 7. The average molecular weight is 425 g/mol. The quantitative estimate of drug-likeness (QED) is 0.503. The van der Waals surface area contributed by atoms with E-state index in [2.05, 4.69) is 15.2 Å². The summed E-state index contributed by atoms with van der Waals surface area (Å²) in [5.41, 5.74) is 3.18. The van der Waals surface area contributed by atoms with Crippen LogP contribution in [0.15, 0.2) is 64.1 Å². The first-order chi connectivity index (χ1) is 14.3. The first-order valence-corrected chi connectivity index (χ1v) is 10.5. The standard InChI is InChI=1S/C20H19N5O4S/c1-13-3-7-15(8-4-13)28-12-18-17(11-22-25(18)2)20-23-19(24-29-20)14-5-9-16(10-6-14)30(21,26)27/h3-11H,12H2,1-2H3,(H2,21,26,27). The lowest BCUT2D eigenvalue weighted by Gasteiger charge is -2.08. The molecule has 0 saturated heterocycles. The molecule has 0 amide bonds. The third kappa shape index (κ3) is 4.09. The van der Waals surface area contributed by atoms with Crippen LogP contribution in [0.2, 0.25) is 0 Å². The van der Waals surface area contributed by atoms with Crippen LogP contribution < -0.4 is 9.88 Å². The molecule has 0 saturated carbocycles. The highest BCUT2D eigenvalue weighted by atomic mass is 32.2. The highest BCUT2D eigenvalue weighted by Gasteiger charge is 2.19. The molecule has 0 aliphatic rings. The van der Waals surface area contributed by atoms with Gasteiger partial charge in [0.2, 0.25) is 15.8 Å². The van der Waals surface area contributed by atoms with E-state index < -0.39 is 10.0 Å². The molecule has 154 valence electrons. The molecule has 0 radical (unpaired) electrons. The van der Waals surface area contributed by atoms with Crippen molar-refractivity contribution in [1.82, 2.24) is 19.9 Å². The molecule has 0 aliphatic heterocycles. The summed E-state index contributed by atoms with van der Waals surface area (Å²) < 4.78 is 35.8. The Morgan fingerprint density at radius 3 is 2.47 bits per heavy atom. The minimum atomic E-state index is -3.76. The Morgan fingerprint density at radius 2 is 1.80 bits per heavy atom. The van der Waals surface area contributed by atoms with Crippen LogP contribution in [0.4, 0.5) is 0 Å². The number of benzene rings is 2. The summed E-state index contributed by atoms with van der Waals surface area (Å²) in [5, 5.41) is 13.4. The molecule has 9 nitrogen and oxygen atoms in total. The summed E-state index contributed by atoms with van der Waals surface area (Å²) in [5.74, 6) is 1.35. The maximum Gasteiger partial charge on any atom is 0.261 e. The fourth-order valence-electron chi connectivity index (χ4n) is 2.84. The maximum absolute atomic E-state index is 11.4. The van der Waals surface area contributed by atoms with Gasteiger partial charge in [-0.05, 0) is 43.3 Å². The van der Waals surface area contributed by atoms with Crippen molar-refractivity contribution in [2.24, 2.45) is 12.2 Å². The molecule has 30 heavy (non-hydrogen) atoms. The molecule has 2 heterocycles. The molecule has 0 spiro atoms. The van der Waals surface area contributed by atoms with E-state index in [0.29, 0.717) is 17.0 Å². The van der Waals surface area contributed by atoms with Gasteiger partial charge in [-0.25, -0.2) is 13.6 Å². The van der Waals surface area contributed by atoms with Crippen LogP contribution >= 0.6 is 0 Å². The first kappa shape index (κ1) is 19.8. The van der Waals surface area contributed by atoms with Crippen LogP contribution in [-0.4, -0.2) is 28.3 Å². The highest BCUT2D eigenvalue weighted by molar-refractivity contribution is 7.89. The van der Waals surface area contributed by atoms with Gasteiger partial charge in [-0.1, -0.05) is 22.9 Å². The van der Waals surface area contributed by atoms with Gasteiger partial charge in [-0.15, -0.1) is 0 Å². The lowest BCUT2D eigenvalue weighted by Crippen LogP contribution is -2.11. The van der Waals surface area contributed by atoms with Crippen molar-refractivity contribution < 1.29 is 17.7 Å². The third-order valence-electron chi connectivity index (χ3n) is 4.56. The third-order valence-corrected chi connectivity index (χ3v) is 5.48. The number of ether oxygens (including phenoxy) is 1. The van der Waals surface area contributed by atoms with Gasteiger partial charge >= 0.3 is 0 Å². The van der Waals surface area contributed by atoms with E-state index in [1.165, 1.54) is 12.1 Å². The molecule has 10 heteroatoms. The minimum Gasteiger partial charge on any atom is -0.487 e. The zero-order chi connectivity index (χ0) is 21.3. The van der Waals surface area contributed by atoms with Gasteiger partial charge in [-0.2, -0.15) is 10.1 Å². The number of hydrogen-bond donors (Lipinski definition) is 1. The number of primary sulfonamides is 1. The Kier molecular flexibility index (Phi) is 5.10. The second-order valence-electron chi connectivity index (χ2n) is 6.72. The Labute approximate surface area is 173 Å². The van der Waals surface area contributed by atoms with Crippen LogP contribution in [0.1, 0.15) is 11.3 Å². The number of nitrogens with two attached hydrogens (primary N) is 1. The van der Waals surface area contributed by atoms with E-state index >= 15 is 0 Å². The number of rotatable bonds is 6. The van der Waals surface area contributed by atoms with E-state index in [0.717, 1.165) is 17.0 Å². The van der Waals surface area contributed by atoms with Gasteiger partial charge in [0.25, 0.3) is 5.89 Å². The predicted octanol–water partition coefficient (Wildman–Crippen LogP) is 2.67. The van der Waals surface area contributed by atoms with Crippen molar-refractivity contribution >= 4 is 10.0 Å². The second-order valence-corrected chi connectivity index (χ2v) is 8.28. The second kappa shape index (κ2) is 7.73. The van der Waals surface area contributed by atoms with E-state index in [1.807, 2.05) is 31.2 Å². The molecule has 0 bridgehead atoms. The summed E-state index contributed by atoms with van der Waals surface area (Å²) >= 11 is 0. The number of sulfonamides is 1. The average Bonchev–Trinajstić information content (AvgIpc) is 3.34. The molecule has 2 N–H and O–H groups in total. The van der Waals surface area contributed by atoms with Gasteiger partial charge < -0.3 is 9.26 Å². The molecule has 4 rings (SSSR count). The van der Waals surface area contributed by atoms with Gasteiger partial charge in [0, 0.05) is 12.6 Å². The Bertz CT molecular complexity index is 1280. The van der Waals surface area contributed by atoms with Gasteiger partial charge in [0.1, 0.15) is 12.4 Å². The molecule has 4 aromatic rings. The smallest absolute Gasteiger partial charge is 0.261 e. The predicted molar refractivity (Wildman–Crippen MR) is 109 cm³/mol. The molecule has 2 aromatic heterocycles. The summed E-state index contributed by atoms with van der Waals surface area (Å²) in [6, 6.07) is 13.7. The lowest BCUT2D eigenvalue weighted by molar-refractivity contribution is 0.294. The monoisotopic (exact) mass is 425 g/mol. The molecular formula is C20H19N5O4S. The van der Waals surface area contributed by atoms with E-state index in [4.69, 9.17) is 14.4 Å². The van der Waals surface area contributed by atoms with Crippen LogP contribution in [0.25, 0.3) is 22.8 Å². The van der Waals surface area contributed by atoms with Crippen molar-refractivity contribution in [3.63, 3.8) is 0 Å². The Hall–Kier alpha value is -3.50. The topological polar surface area (TPSA) is 126 Å². The first-order valence-electron chi connectivity index (χ1n) is 8.99. The van der Waals surface area contributed by atoms with Crippen LogP contribution in [-0.2, 0) is 23.7 Å². The Balaban J connectivity index is 1.57. The van der Waals surface area contributed by atoms with Crippen LogP contribution in [0.3, 0.4) is 0 Å². The van der Waals surface area contributed by atoms with Crippen molar-refractivity contribution in [2.75, 3.05) is 0 Å². The van der Waals surface area contributed by atoms with E-state index in [-0.39, 0.29) is 17.4 Å². The van der Waals surface area contributed by atoms with Crippen molar-refractivity contribution in [2.45, 2.75) is 18.4 Å². The molecular weight excluding hydrogens is 406 g/mol. The number of nitrogens with zero attached hydrogens (tertiary/aromatic N) is 4. The Morgan fingerprint density at radius 1 is 1.10 bits per heavy atom. The highest BCUT2D eigenvalue weighted by Crippen LogP contribution is 2.26. The largest absolute Gasteiger partial charge is 0.487 e. The van der Waals surface area contributed by atoms with Crippen molar-refractivity contribution in [3.8, 4) is 28.6 Å². The fraction of sp³-hybridized carbons (Fsp3) is 0.150. The molecule has 0 fully saturated rings. The van der Waals surface area contributed by atoms with Gasteiger partial charge in [-0.3, -0.25) is 4.68 Å². The minimum absolute atomic E-state index is 0.0118.